The number of urea groups is 1. The fourth-order valence-corrected chi connectivity index (χ4v) is 3.00. The van der Waals surface area contributed by atoms with Crippen molar-refractivity contribution in [1.29, 1.82) is 0 Å². The highest BCUT2D eigenvalue weighted by atomic mass is 32.2. The Balaban J connectivity index is 1.46. The van der Waals surface area contributed by atoms with Gasteiger partial charge in [0.2, 0.25) is 0 Å². The summed E-state index contributed by atoms with van der Waals surface area (Å²) in [5, 5.41) is 5.98. The first kappa shape index (κ1) is 12.1. The molecule has 0 heterocycles. The summed E-state index contributed by atoms with van der Waals surface area (Å²) in [4.78, 5) is 11.5. The third-order valence-corrected chi connectivity index (χ3v) is 4.65. The second-order valence-corrected chi connectivity index (χ2v) is 6.46. The van der Waals surface area contributed by atoms with E-state index in [1.807, 2.05) is 11.8 Å². The highest BCUT2D eigenvalue weighted by Crippen LogP contribution is 2.32. The van der Waals surface area contributed by atoms with E-state index >= 15 is 0 Å². The van der Waals surface area contributed by atoms with Crippen LogP contribution in [-0.4, -0.2) is 29.6 Å². The average molecular weight is 242 g/mol. The molecule has 4 heteroatoms. The molecular formula is C12H22N2OS. The van der Waals surface area contributed by atoms with Gasteiger partial charge in [-0.25, -0.2) is 4.79 Å². The van der Waals surface area contributed by atoms with Crippen LogP contribution in [0.25, 0.3) is 0 Å². The van der Waals surface area contributed by atoms with Crippen LogP contribution in [0.2, 0.25) is 0 Å². The molecular weight excluding hydrogens is 220 g/mol. The molecule has 0 saturated heterocycles. The molecule has 2 saturated carbocycles. The minimum absolute atomic E-state index is 0.00854. The van der Waals surface area contributed by atoms with E-state index in [2.05, 4.69) is 17.6 Å². The van der Waals surface area contributed by atoms with Gasteiger partial charge in [0.05, 0.1) is 0 Å². The summed E-state index contributed by atoms with van der Waals surface area (Å²) in [6, 6.07) is 0.00854. The summed E-state index contributed by atoms with van der Waals surface area (Å²) in [5.74, 6) is 3.30. The molecule has 16 heavy (non-hydrogen) atoms. The maximum Gasteiger partial charge on any atom is 0.315 e. The van der Waals surface area contributed by atoms with Crippen LogP contribution in [0.4, 0.5) is 4.79 Å². The zero-order chi connectivity index (χ0) is 11.4. The van der Waals surface area contributed by atoms with E-state index in [0.717, 1.165) is 31.1 Å². The van der Waals surface area contributed by atoms with Crippen molar-refractivity contribution in [2.75, 3.05) is 18.1 Å². The van der Waals surface area contributed by atoms with Gasteiger partial charge in [-0.3, -0.25) is 0 Å². The van der Waals surface area contributed by atoms with Crippen molar-refractivity contribution in [3.05, 3.63) is 0 Å². The molecule has 0 aromatic carbocycles. The van der Waals surface area contributed by atoms with Gasteiger partial charge < -0.3 is 10.6 Å². The first-order valence-corrected chi connectivity index (χ1v) is 7.47. The third kappa shape index (κ3) is 3.89. The molecule has 0 bridgehead atoms. The summed E-state index contributed by atoms with van der Waals surface area (Å²) >= 11 is 1.96. The minimum Gasteiger partial charge on any atom is -0.337 e. The van der Waals surface area contributed by atoms with Crippen LogP contribution in [0.5, 0.6) is 0 Å². The van der Waals surface area contributed by atoms with E-state index in [0.29, 0.717) is 0 Å². The standard InChI is InChI=1S/C12H22N2OS/c1-12(5-2-6-12)14-11(15)13-7-8-16-9-10-3-4-10/h10H,2-9H2,1H3,(H2,13,14,15). The van der Waals surface area contributed by atoms with Crippen molar-refractivity contribution in [2.24, 2.45) is 5.92 Å². The molecule has 3 nitrogen and oxygen atoms in total. The number of thioether (sulfide) groups is 1. The number of amides is 2. The van der Waals surface area contributed by atoms with Crippen molar-refractivity contribution < 1.29 is 4.79 Å². The topological polar surface area (TPSA) is 41.1 Å². The van der Waals surface area contributed by atoms with Crippen LogP contribution in [0, 0.1) is 5.92 Å². The van der Waals surface area contributed by atoms with Crippen LogP contribution in [0.15, 0.2) is 0 Å². The molecule has 2 amide bonds. The van der Waals surface area contributed by atoms with E-state index in [1.165, 1.54) is 25.0 Å². The summed E-state index contributed by atoms with van der Waals surface area (Å²) in [5.41, 5.74) is 0.0746. The quantitative estimate of drug-likeness (QED) is 0.702. The van der Waals surface area contributed by atoms with Crippen molar-refractivity contribution in [3.63, 3.8) is 0 Å². The summed E-state index contributed by atoms with van der Waals surface area (Å²) < 4.78 is 0. The SMILES string of the molecule is CC1(NC(=O)NCCSCC2CC2)CCC1. The van der Waals surface area contributed by atoms with Gasteiger partial charge >= 0.3 is 6.03 Å². The van der Waals surface area contributed by atoms with Gasteiger partial charge in [-0.15, -0.1) is 0 Å². The molecule has 2 N–H and O–H groups in total. The summed E-state index contributed by atoms with van der Waals surface area (Å²) in [6.07, 6.45) is 6.32. The second-order valence-electron chi connectivity index (χ2n) is 5.31. The molecule has 2 fully saturated rings. The van der Waals surface area contributed by atoms with E-state index in [4.69, 9.17) is 0 Å². The molecule has 2 rings (SSSR count). The average Bonchev–Trinajstić information content (AvgIpc) is 2.98. The molecule has 0 aromatic rings. The van der Waals surface area contributed by atoms with E-state index in [1.54, 1.807) is 0 Å². The first-order chi connectivity index (χ1) is 7.68. The van der Waals surface area contributed by atoms with Crippen LogP contribution in [0.1, 0.15) is 39.0 Å². The lowest BCUT2D eigenvalue weighted by molar-refractivity contribution is 0.192. The predicted molar refractivity (Wildman–Crippen MR) is 68.8 cm³/mol. The molecule has 0 radical (unpaired) electrons. The molecule has 0 aromatic heterocycles. The Morgan fingerprint density at radius 3 is 2.75 bits per heavy atom. The summed E-state index contributed by atoms with van der Waals surface area (Å²) in [6.45, 7) is 2.91. The van der Waals surface area contributed by atoms with Crippen LogP contribution < -0.4 is 10.6 Å². The fraction of sp³-hybridized carbons (Fsp3) is 0.917. The van der Waals surface area contributed by atoms with Crippen LogP contribution >= 0.6 is 11.8 Å². The first-order valence-electron chi connectivity index (χ1n) is 6.32. The Bertz CT molecular complexity index is 249. The van der Waals surface area contributed by atoms with E-state index in [9.17, 15) is 4.79 Å². The lowest BCUT2D eigenvalue weighted by atomic mass is 9.79. The van der Waals surface area contributed by atoms with Crippen molar-refractivity contribution in [2.45, 2.75) is 44.6 Å². The number of hydrogen-bond acceptors (Lipinski definition) is 2. The Morgan fingerprint density at radius 1 is 1.44 bits per heavy atom. The third-order valence-electron chi connectivity index (χ3n) is 3.45. The Kier molecular flexibility index (Phi) is 4.00. The van der Waals surface area contributed by atoms with Crippen molar-refractivity contribution >= 4 is 17.8 Å². The lowest BCUT2D eigenvalue weighted by Crippen LogP contribution is -2.54. The molecule has 2 aliphatic carbocycles. The van der Waals surface area contributed by atoms with Gasteiger partial charge in [-0.1, -0.05) is 0 Å². The largest absolute Gasteiger partial charge is 0.337 e. The Hall–Kier alpha value is -0.380. The van der Waals surface area contributed by atoms with Gasteiger partial charge in [-0.2, -0.15) is 11.8 Å². The molecule has 0 aliphatic heterocycles. The number of carbonyl (C=O) groups excluding carboxylic acids is 1. The highest BCUT2D eigenvalue weighted by Gasteiger charge is 2.32. The zero-order valence-electron chi connectivity index (χ0n) is 10.1. The van der Waals surface area contributed by atoms with Crippen molar-refractivity contribution in [1.82, 2.24) is 10.6 Å². The molecule has 92 valence electrons. The van der Waals surface area contributed by atoms with Gasteiger partial charge in [0, 0.05) is 17.8 Å². The summed E-state index contributed by atoms with van der Waals surface area (Å²) in [7, 11) is 0. The van der Waals surface area contributed by atoms with Crippen LogP contribution in [0.3, 0.4) is 0 Å². The maximum atomic E-state index is 11.5. The van der Waals surface area contributed by atoms with E-state index in [-0.39, 0.29) is 11.6 Å². The van der Waals surface area contributed by atoms with Gasteiger partial charge in [-0.05, 0) is 50.7 Å². The Labute approximate surface area is 102 Å². The van der Waals surface area contributed by atoms with Gasteiger partial charge in [0.25, 0.3) is 0 Å². The highest BCUT2D eigenvalue weighted by molar-refractivity contribution is 7.99. The smallest absolute Gasteiger partial charge is 0.315 e. The zero-order valence-corrected chi connectivity index (χ0v) is 10.9. The number of nitrogens with one attached hydrogen (secondary N) is 2. The van der Waals surface area contributed by atoms with Crippen LogP contribution in [-0.2, 0) is 0 Å². The second kappa shape index (κ2) is 5.30. The Morgan fingerprint density at radius 2 is 2.19 bits per heavy atom. The van der Waals surface area contributed by atoms with E-state index < -0.39 is 0 Å². The number of rotatable bonds is 6. The predicted octanol–water partition coefficient (Wildman–Crippen LogP) is 2.37. The fourth-order valence-electron chi connectivity index (χ4n) is 1.92. The minimum atomic E-state index is 0.00854. The van der Waals surface area contributed by atoms with Gasteiger partial charge in [0.15, 0.2) is 0 Å². The molecule has 0 spiro atoms. The molecule has 0 unspecified atom stereocenters. The van der Waals surface area contributed by atoms with Crippen molar-refractivity contribution in [3.8, 4) is 0 Å². The molecule has 2 aliphatic rings. The lowest BCUT2D eigenvalue weighted by Gasteiger charge is -2.39. The number of hydrogen-bond donors (Lipinski definition) is 2. The maximum absolute atomic E-state index is 11.5. The molecule has 0 atom stereocenters. The number of carbonyl (C=O) groups is 1. The normalized spacial score (nSPS) is 22.3. The van der Waals surface area contributed by atoms with Gasteiger partial charge in [0.1, 0.15) is 0 Å². The monoisotopic (exact) mass is 242 g/mol.